The summed E-state index contributed by atoms with van der Waals surface area (Å²) in [7, 11) is 0. The standard InChI is InChI=1S/C15H19N3O2/c1-10(2)17-14(19)7-8-16-15(20)13-9-11-5-3-4-6-12(11)18-13/h3-6,9-10,18H,7-8H2,1-2H3,(H,16,20)(H,17,19). The monoisotopic (exact) mass is 273 g/mol. The highest BCUT2D eigenvalue weighted by Gasteiger charge is 2.09. The average molecular weight is 273 g/mol. The number of fused-ring (bicyclic) bond motifs is 1. The third kappa shape index (κ3) is 3.60. The van der Waals surface area contributed by atoms with E-state index in [9.17, 15) is 9.59 Å². The van der Waals surface area contributed by atoms with Crippen molar-refractivity contribution in [1.29, 1.82) is 0 Å². The molecule has 0 aliphatic carbocycles. The molecule has 5 heteroatoms. The lowest BCUT2D eigenvalue weighted by atomic mass is 10.2. The molecule has 0 atom stereocenters. The Balaban J connectivity index is 1.87. The van der Waals surface area contributed by atoms with Crippen molar-refractivity contribution in [3.05, 3.63) is 36.0 Å². The first kappa shape index (κ1) is 14.1. The zero-order valence-electron chi connectivity index (χ0n) is 11.7. The molecule has 1 heterocycles. The number of aromatic amines is 1. The lowest BCUT2D eigenvalue weighted by Crippen LogP contribution is -2.34. The topological polar surface area (TPSA) is 74.0 Å². The molecule has 1 aromatic carbocycles. The predicted molar refractivity (Wildman–Crippen MR) is 78.5 cm³/mol. The fraction of sp³-hybridized carbons (Fsp3) is 0.333. The summed E-state index contributed by atoms with van der Waals surface area (Å²) < 4.78 is 0. The van der Waals surface area contributed by atoms with Gasteiger partial charge in [0.25, 0.3) is 5.91 Å². The summed E-state index contributed by atoms with van der Waals surface area (Å²) in [6.45, 7) is 4.13. The Bertz CT molecular complexity index is 583. The van der Waals surface area contributed by atoms with Crippen LogP contribution in [-0.4, -0.2) is 29.4 Å². The van der Waals surface area contributed by atoms with Crippen LogP contribution in [0, 0.1) is 0 Å². The van der Waals surface area contributed by atoms with Crippen LogP contribution >= 0.6 is 0 Å². The summed E-state index contributed by atoms with van der Waals surface area (Å²) in [6, 6.07) is 9.62. The Morgan fingerprint density at radius 2 is 2.00 bits per heavy atom. The highest BCUT2D eigenvalue weighted by Crippen LogP contribution is 2.14. The quantitative estimate of drug-likeness (QED) is 0.777. The maximum Gasteiger partial charge on any atom is 0.267 e. The minimum atomic E-state index is -0.196. The maximum absolute atomic E-state index is 11.9. The molecule has 0 aliphatic rings. The van der Waals surface area contributed by atoms with Crippen LogP contribution in [0.15, 0.2) is 30.3 Å². The number of rotatable bonds is 5. The molecule has 2 aromatic rings. The first-order valence-electron chi connectivity index (χ1n) is 6.71. The van der Waals surface area contributed by atoms with Crippen molar-refractivity contribution in [2.45, 2.75) is 26.3 Å². The minimum Gasteiger partial charge on any atom is -0.354 e. The number of benzene rings is 1. The molecule has 106 valence electrons. The highest BCUT2D eigenvalue weighted by atomic mass is 16.2. The molecule has 5 nitrogen and oxygen atoms in total. The predicted octanol–water partition coefficient (Wildman–Crippen LogP) is 1.81. The van der Waals surface area contributed by atoms with Gasteiger partial charge in [-0.1, -0.05) is 18.2 Å². The van der Waals surface area contributed by atoms with E-state index in [4.69, 9.17) is 0 Å². The Kier molecular flexibility index (Phi) is 4.40. The van der Waals surface area contributed by atoms with E-state index in [1.165, 1.54) is 0 Å². The van der Waals surface area contributed by atoms with Gasteiger partial charge in [-0.3, -0.25) is 9.59 Å². The number of nitrogens with one attached hydrogen (secondary N) is 3. The number of amides is 2. The van der Waals surface area contributed by atoms with Crippen molar-refractivity contribution in [3.63, 3.8) is 0 Å². The van der Waals surface area contributed by atoms with Crippen LogP contribution in [0.2, 0.25) is 0 Å². The van der Waals surface area contributed by atoms with Gasteiger partial charge in [-0.15, -0.1) is 0 Å². The van der Waals surface area contributed by atoms with Gasteiger partial charge in [-0.05, 0) is 26.0 Å². The third-order valence-corrected chi connectivity index (χ3v) is 2.86. The zero-order valence-corrected chi connectivity index (χ0v) is 11.7. The van der Waals surface area contributed by atoms with Crippen molar-refractivity contribution in [2.75, 3.05) is 6.54 Å². The molecular weight excluding hydrogens is 254 g/mol. The number of hydrogen-bond acceptors (Lipinski definition) is 2. The molecule has 0 saturated heterocycles. The van der Waals surface area contributed by atoms with Crippen molar-refractivity contribution in [2.24, 2.45) is 0 Å². The molecule has 3 N–H and O–H groups in total. The Morgan fingerprint density at radius 1 is 1.25 bits per heavy atom. The summed E-state index contributed by atoms with van der Waals surface area (Å²) in [5.41, 5.74) is 1.44. The molecule has 0 saturated carbocycles. The molecule has 0 spiro atoms. The van der Waals surface area contributed by atoms with Crippen molar-refractivity contribution >= 4 is 22.7 Å². The van der Waals surface area contributed by atoms with E-state index in [2.05, 4.69) is 15.6 Å². The summed E-state index contributed by atoms with van der Waals surface area (Å²) in [4.78, 5) is 26.4. The van der Waals surface area contributed by atoms with Crippen LogP contribution in [0.25, 0.3) is 10.9 Å². The molecule has 0 fully saturated rings. The van der Waals surface area contributed by atoms with Gasteiger partial charge >= 0.3 is 0 Å². The molecule has 20 heavy (non-hydrogen) atoms. The second-order valence-corrected chi connectivity index (χ2v) is 5.00. The van der Waals surface area contributed by atoms with Gasteiger partial charge in [0.1, 0.15) is 5.69 Å². The highest BCUT2D eigenvalue weighted by molar-refractivity contribution is 5.98. The second-order valence-electron chi connectivity index (χ2n) is 5.00. The van der Waals surface area contributed by atoms with E-state index >= 15 is 0 Å². The van der Waals surface area contributed by atoms with Crippen LogP contribution < -0.4 is 10.6 Å². The number of aromatic nitrogens is 1. The third-order valence-electron chi connectivity index (χ3n) is 2.86. The SMILES string of the molecule is CC(C)NC(=O)CCNC(=O)c1cc2ccccc2[nH]1. The van der Waals surface area contributed by atoms with Gasteiger partial charge in [0.05, 0.1) is 0 Å². The summed E-state index contributed by atoms with van der Waals surface area (Å²) in [6.07, 6.45) is 0.282. The van der Waals surface area contributed by atoms with E-state index in [-0.39, 0.29) is 24.3 Å². The van der Waals surface area contributed by atoms with Crippen molar-refractivity contribution in [3.8, 4) is 0 Å². The molecule has 1 aromatic heterocycles. The van der Waals surface area contributed by atoms with Gasteiger partial charge < -0.3 is 15.6 Å². The fourth-order valence-corrected chi connectivity index (χ4v) is 1.97. The van der Waals surface area contributed by atoms with E-state index in [0.717, 1.165) is 10.9 Å². The maximum atomic E-state index is 11.9. The lowest BCUT2D eigenvalue weighted by molar-refractivity contribution is -0.121. The number of carbonyl (C=O) groups is 2. The van der Waals surface area contributed by atoms with E-state index in [0.29, 0.717) is 12.2 Å². The van der Waals surface area contributed by atoms with Crippen LogP contribution in [0.4, 0.5) is 0 Å². The van der Waals surface area contributed by atoms with Crippen LogP contribution in [0.5, 0.6) is 0 Å². The van der Waals surface area contributed by atoms with Gasteiger partial charge in [0.2, 0.25) is 5.91 Å². The van der Waals surface area contributed by atoms with Crippen molar-refractivity contribution in [1.82, 2.24) is 15.6 Å². The minimum absolute atomic E-state index is 0.0584. The zero-order chi connectivity index (χ0) is 14.5. The van der Waals surface area contributed by atoms with Gasteiger partial charge in [-0.2, -0.15) is 0 Å². The van der Waals surface area contributed by atoms with E-state index in [1.54, 1.807) is 6.07 Å². The number of carbonyl (C=O) groups excluding carboxylic acids is 2. The fourth-order valence-electron chi connectivity index (χ4n) is 1.97. The first-order chi connectivity index (χ1) is 9.56. The van der Waals surface area contributed by atoms with Gasteiger partial charge in [-0.25, -0.2) is 0 Å². The summed E-state index contributed by atoms with van der Waals surface area (Å²) in [5, 5.41) is 6.51. The molecule has 0 unspecified atom stereocenters. The number of para-hydroxylation sites is 1. The number of hydrogen-bond donors (Lipinski definition) is 3. The van der Waals surface area contributed by atoms with E-state index in [1.807, 2.05) is 38.1 Å². The Morgan fingerprint density at radius 3 is 2.70 bits per heavy atom. The van der Waals surface area contributed by atoms with Crippen LogP contribution in [0.1, 0.15) is 30.8 Å². The second kappa shape index (κ2) is 6.23. The summed E-state index contributed by atoms with van der Waals surface area (Å²) >= 11 is 0. The van der Waals surface area contributed by atoms with E-state index < -0.39 is 0 Å². The Labute approximate surface area is 117 Å². The lowest BCUT2D eigenvalue weighted by Gasteiger charge is -2.08. The van der Waals surface area contributed by atoms with Crippen LogP contribution in [-0.2, 0) is 4.79 Å². The molecule has 0 bridgehead atoms. The Hall–Kier alpha value is -2.30. The molecule has 2 rings (SSSR count). The summed E-state index contributed by atoms with van der Waals surface area (Å²) in [5.74, 6) is -0.254. The van der Waals surface area contributed by atoms with Crippen LogP contribution in [0.3, 0.4) is 0 Å². The van der Waals surface area contributed by atoms with Gasteiger partial charge in [0.15, 0.2) is 0 Å². The molecular formula is C15H19N3O2. The average Bonchev–Trinajstić information content (AvgIpc) is 2.81. The molecule has 0 radical (unpaired) electrons. The number of H-pyrrole nitrogens is 1. The molecule has 0 aliphatic heterocycles. The largest absolute Gasteiger partial charge is 0.354 e. The normalized spacial score (nSPS) is 10.8. The first-order valence-corrected chi connectivity index (χ1v) is 6.71. The smallest absolute Gasteiger partial charge is 0.267 e. The van der Waals surface area contributed by atoms with Crippen molar-refractivity contribution < 1.29 is 9.59 Å². The molecule has 2 amide bonds. The van der Waals surface area contributed by atoms with Gasteiger partial charge in [0, 0.05) is 29.9 Å².